The second kappa shape index (κ2) is 9.44. The van der Waals surface area contributed by atoms with Gasteiger partial charge >= 0.3 is 0 Å². The molecule has 1 heterocycles. The molecule has 0 atom stereocenters. The first-order chi connectivity index (χ1) is 21.3. The Hall–Kier alpha value is -5.66. The Morgan fingerprint density at radius 3 is 1.44 bits per heavy atom. The van der Waals surface area contributed by atoms with Gasteiger partial charge in [-0.1, -0.05) is 146 Å². The largest absolute Gasteiger partial charge is 0.456 e. The van der Waals surface area contributed by atoms with Crippen LogP contribution >= 0.6 is 0 Å². The lowest BCUT2D eigenvalue weighted by atomic mass is 9.85. The van der Waals surface area contributed by atoms with E-state index in [-0.39, 0.29) is 0 Å². The van der Waals surface area contributed by atoms with E-state index in [1.165, 1.54) is 71.3 Å². The van der Waals surface area contributed by atoms with Crippen molar-refractivity contribution in [3.05, 3.63) is 158 Å². The molecule has 0 aliphatic carbocycles. The van der Waals surface area contributed by atoms with Gasteiger partial charge in [0.05, 0.1) is 0 Å². The minimum absolute atomic E-state index is 0.914. The van der Waals surface area contributed by atoms with Crippen molar-refractivity contribution in [2.24, 2.45) is 0 Å². The summed E-state index contributed by atoms with van der Waals surface area (Å²) in [5.74, 6) is 1.83. The molecule has 0 bridgehead atoms. The Kier molecular flexibility index (Phi) is 5.27. The zero-order chi connectivity index (χ0) is 28.3. The van der Waals surface area contributed by atoms with E-state index >= 15 is 0 Å². The van der Waals surface area contributed by atoms with Crippen LogP contribution in [-0.4, -0.2) is 0 Å². The van der Waals surface area contributed by atoms with Crippen LogP contribution in [-0.2, 0) is 0 Å². The van der Waals surface area contributed by atoms with E-state index in [4.69, 9.17) is 4.74 Å². The Balaban J connectivity index is 1.23. The fraction of sp³-hybridized carbons (Fsp3) is 0. The third-order valence-corrected chi connectivity index (χ3v) is 8.88. The summed E-state index contributed by atoms with van der Waals surface area (Å²) in [5, 5.41) is 7.47. The van der Waals surface area contributed by atoms with Crippen LogP contribution in [0.25, 0.3) is 76.8 Å². The van der Waals surface area contributed by atoms with E-state index in [9.17, 15) is 0 Å². The molecule has 200 valence electrons. The molecule has 9 rings (SSSR count). The van der Waals surface area contributed by atoms with Crippen LogP contribution in [0, 0.1) is 0 Å². The minimum atomic E-state index is 0.914. The standard InChI is InChI=1S/C42H26O/c1-2-11-28(12-3-1)40-33-14-4-6-16-35(33)41(36-17-7-5-15-34(36)40)29-23-21-27(22-24-29)30-25-26-37-31-13-8-9-19-38(31)43-39-20-10-18-32(30)42(37)39/h1-26H. The van der Waals surface area contributed by atoms with Crippen LogP contribution in [0.2, 0.25) is 0 Å². The molecule has 43 heavy (non-hydrogen) atoms. The maximum absolute atomic E-state index is 6.34. The first kappa shape index (κ1) is 24.0. The van der Waals surface area contributed by atoms with E-state index in [0.29, 0.717) is 0 Å². The first-order valence-corrected chi connectivity index (χ1v) is 14.8. The van der Waals surface area contributed by atoms with Crippen LogP contribution < -0.4 is 4.74 Å². The molecule has 1 aliphatic rings. The van der Waals surface area contributed by atoms with E-state index in [0.717, 1.165) is 17.1 Å². The minimum Gasteiger partial charge on any atom is -0.456 e. The fourth-order valence-corrected chi connectivity index (χ4v) is 7.00. The number of hydrogen-bond acceptors (Lipinski definition) is 1. The topological polar surface area (TPSA) is 9.23 Å². The summed E-state index contributed by atoms with van der Waals surface area (Å²) in [7, 11) is 0. The third-order valence-electron chi connectivity index (χ3n) is 8.88. The Morgan fingerprint density at radius 2 is 0.767 bits per heavy atom. The van der Waals surface area contributed by atoms with Crippen molar-refractivity contribution in [3.63, 3.8) is 0 Å². The van der Waals surface area contributed by atoms with E-state index in [1.807, 2.05) is 12.1 Å². The summed E-state index contributed by atoms with van der Waals surface area (Å²) in [5.41, 5.74) is 9.81. The monoisotopic (exact) mass is 546 g/mol. The molecule has 1 heteroatoms. The highest BCUT2D eigenvalue weighted by atomic mass is 16.5. The maximum atomic E-state index is 6.34. The third kappa shape index (κ3) is 3.65. The SMILES string of the molecule is c1ccc(-c2c3ccccc3c(-c3ccc(-c4ccc5c6c(cccc46)Oc4ccccc4-5)cc3)c3ccccc23)cc1. The van der Waals surface area contributed by atoms with Gasteiger partial charge in [-0.15, -0.1) is 0 Å². The van der Waals surface area contributed by atoms with Crippen LogP contribution in [0.1, 0.15) is 0 Å². The highest BCUT2D eigenvalue weighted by Gasteiger charge is 2.21. The van der Waals surface area contributed by atoms with Gasteiger partial charge in [0.2, 0.25) is 0 Å². The van der Waals surface area contributed by atoms with Crippen LogP contribution in [0.4, 0.5) is 0 Å². The van der Waals surface area contributed by atoms with Crippen molar-refractivity contribution >= 4 is 32.3 Å². The molecule has 8 aromatic carbocycles. The molecule has 0 amide bonds. The fourth-order valence-electron chi connectivity index (χ4n) is 7.00. The molecule has 0 spiro atoms. The van der Waals surface area contributed by atoms with Gasteiger partial charge in [-0.25, -0.2) is 0 Å². The molecule has 0 radical (unpaired) electrons. The second-order valence-electron chi connectivity index (χ2n) is 11.2. The predicted molar refractivity (Wildman–Crippen MR) is 181 cm³/mol. The molecule has 0 aromatic heterocycles. The average Bonchev–Trinajstić information content (AvgIpc) is 3.08. The highest BCUT2D eigenvalue weighted by molar-refractivity contribution is 6.21. The van der Waals surface area contributed by atoms with Crippen LogP contribution in [0.3, 0.4) is 0 Å². The van der Waals surface area contributed by atoms with E-state index in [1.54, 1.807) is 0 Å². The van der Waals surface area contributed by atoms with Gasteiger partial charge in [0.25, 0.3) is 0 Å². The predicted octanol–water partition coefficient (Wildman–Crippen LogP) is 11.9. The molecule has 0 saturated carbocycles. The summed E-state index contributed by atoms with van der Waals surface area (Å²) in [4.78, 5) is 0. The van der Waals surface area contributed by atoms with Crippen molar-refractivity contribution in [3.8, 4) is 56.0 Å². The average molecular weight is 547 g/mol. The molecular weight excluding hydrogens is 520 g/mol. The first-order valence-electron chi connectivity index (χ1n) is 14.8. The second-order valence-corrected chi connectivity index (χ2v) is 11.2. The van der Waals surface area contributed by atoms with E-state index < -0.39 is 0 Å². The summed E-state index contributed by atoms with van der Waals surface area (Å²) >= 11 is 0. The van der Waals surface area contributed by atoms with Crippen molar-refractivity contribution < 1.29 is 4.74 Å². The number of fused-ring (bicyclic) bond motifs is 4. The molecule has 0 fully saturated rings. The van der Waals surface area contributed by atoms with Gasteiger partial charge in [0.15, 0.2) is 0 Å². The molecule has 0 unspecified atom stereocenters. The normalized spacial score (nSPS) is 11.9. The van der Waals surface area contributed by atoms with Crippen LogP contribution in [0.5, 0.6) is 11.5 Å². The smallest absolute Gasteiger partial charge is 0.135 e. The number of benzene rings is 8. The Labute approximate surface area is 250 Å². The summed E-state index contributed by atoms with van der Waals surface area (Å²) < 4.78 is 6.34. The van der Waals surface area contributed by atoms with Gasteiger partial charge in [-0.2, -0.15) is 0 Å². The van der Waals surface area contributed by atoms with Gasteiger partial charge < -0.3 is 4.74 Å². The number of ether oxygens (including phenoxy) is 1. The van der Waals surface area contributed by atoms with E-state index in [2.05, 4.69) is 146 Å². The number of hydrogen-bond donors (Lipinski definition) is 0. The van der Waals surface area contributed by atoms with Crippen molar-refractivity contribution in [2.75, 3.05) is 0 Å². The van der Waals surface area contributed by atoms with Gasteiger partial charge in [-0.05, 0) is 78.0 Å². The summed E-state index contributed by atoms with van der Waals surface area (Å²) in [6.45, 7) is 0. The lowest BCUT2D eigenvalue weighted by molar-refractivity contribution is 0.487. The molecule has 1 nitrogen and oxygen atoms in total. The molecule has 0 saturated heterocycles. The number of para-hydroxylation sites is 1. The van der Waals surface area contributed by atoms with Gasteiger partial charge in [-0.3, -0.25) is 0 Å². The summed E-state index contributed by atoms with van der Waals surface area (Å²) in [6, 6.07) is 56.7. The maximum Gasteiger partial charge on any atom is 0.135 e. The quantitative estimate of drug-likeness (QED) is 0.200. The molecule has 1 aliphatic heterocycles. The lowest BCUT2D eigenvalue weighted by Crippen LogP contribution is -1.97. The van der Waals surface area contributed by atoms with Crippen LogP contribution in [0.15, 0.2) is 158 Å². The summed E-state index contributed by atoms with van der Waals surface area (Å²) in [6.07, 6.45) is 0. The zero-order valence-electron chi connectivity index (χ0n) is 23.4. The van der Waals surface area contributed by atoms with Gasteiger partial charge in [0.1, 0.15) is 11.5 Å². The molecular formula is C42H26O. The van der Waals surface area contributed by atoms with Gasteiger partial charge in [0, 0.05) is 10.9 Å². The molecule has 0 N–H and O–H groups in total. The van der Waals surface area contributed by atoms with Crippen molar-refractivity contribution in [1.82, 2.24) is 0 Å². The number of rotatable bonds is 3. The van der Waals surface area contributed by atoms with Crippen molar-refractivity contribution in [1.29, 1.82) is 0 Å². The molecule has 8 aromatic rings. The highest BCUT2D eigenvalue weighted by Crippen LogP contribution is 2.49. The Morgan fingerprint density at radius 1 is 0.279 bits per heavy atom. The zero-order valence-corrected chi connectivity index (χ0v) is 23.4. The lowest BCUT2D eigenvalue weighted by Gasteiger charge is -2.22. The van der Waals surface area contributed by atoms with Crippen molar-refractivity contribution in [2.45, 2.75) is 0 Å². The Bertz CT molecular complexity index is 2290.